The molecule has 2 heteroatoms. The van der Waals surface area contributed by atoms with Crippen LogP contribution in [-0.4, -0.2) is 6.54 Å². The van der Waals surface area contributed by atoms with Crippen LogP contribution in [0.15, 0.2) is 11.9 Å². The Morgan fingerprint density at radius 2 is 2.22 bits per heavy atom. The van der Waals surface area contributed by atoms with Gasteiger partial charge in [0.15, 0.2) is 0 Å². The molecule has 0 spiro atoms. The number of hydrogen-bond donors (Lipinski definition) is 2. The zero-order valence-corrected chi connectivity index (χ0v) is 6.28. The minimum absolute atomic E-state index is 0.944. The summed E-state index contributed by atoms with van der Waals surface area (Å²) >= 11 is 0. The maximum absolute atomic E-state index is 5.57. The van der Waals surface area contributed by atoms with E-state index in [1.54, 1.807) is 0 Å². The van der Waals surface area contributed by atoms with Gasteiger partial charge in [-0.3, -0.25) is 0 Å². The van der Waals surface area contributed by atoms with Gasteiger partial charge in [-0.05, 0) is 13.3 Å². The fourth-order valence-electron chi connectivity index (χ4n) is 0.594. The van der Waals surface area contributed by atoms with E-state index in [-0.39, 0.29) is 0 Å². The van der Waals surface area contributed by atoms with Crippen LogP contribution in [0.3, 0.4) is 0 Å². The van der Waals surface area contributed by atoms with Gasteiger partial charge in [-0.1, -0.05) is 13.3 Å². The molecule has 0 heterocycles. The molecule has 0 aromatic carbocycles. The Bertz CT molecular complexity index is 86.9. The van der Waals surface area contributed by atoms with Crippen LogP contribution in [0.5, 0.6) is 0 Å². The van der Waals surface area contributed by atoms with Crippen molar-refractivity contribution in [3.05, 3.63) is 11.9 Å². The lowest BCUT2D eigenvalue weighted by Gasteiger charge is -1.97. The largest absolute Gasteiger partial charge is 0.401 e. The minimum Gasteiger partial charge on any atom is -0.401 e. The third kappa shape index (κ3) is 5.21. The van der Waals surface area contributed by atoms with E-state index >= 15 is 0 Å². The summed E-state index contributed by atoms with van der Waals surface area (Å²) in [7, 11) is 0. The molecule has 9 heavy (non-hydrogen) atoms. The van der Waals surface area contributed by atoms with Crippen molar-refractivity contribution in [2.75, 3.05) is 6.54 Å². The Morgan fingerprint density at radius 1 is 1.56 bits per heavy atom. The molecule has 2 nitrogen and oxygen atoms in total. The molecule has 0 radical (unpaired) electrons. The van der Waals surface area contributed by atoms with Crippen molar-refractivity contribution in [1.82, 2.24) is 5.32 Å². The Hall–Kier alpha value is -0.660. The number of allylic oxidation sites excluding steroid dienone is 1. The summed E-state index contributed by atoms with van der Waals surface area (Å²) in [5, 5.41) is 3.05. The molecule has 0 aromatic rings. The second kappa shape index (κ2) is 5.48. The highest BCUT2D eigenvalue weighted by Gasteiger charge is 1.83. The average Bonchev–Trinajstić information content (AvgIpc) is 1.85. The van der Waals surface area contributed by atoms with Gasteiger partial charge in [-0.15, -0.1) is 0 Å². The average molecular weight is 128 g/mol. The molecule has 54 valence electrons. The summed E-state index contributed by atoms with van der Waals surface area (Å²) in [6.07, 6.45) is 3.99. The molecule has 0 bridgehead atoms. The van der Waals surface area contributed by atoms with E-state index in [4.69, 9.17) is 5.73 Å². The second-order valence-electron chi connectivity index (χ2n) is 2.03. The van der Waals surface area contributed by atoms with Crippen molar-refractivity contribution in [2.24, 2.45) is 5.73 Å². The van der Waals surface area contributed by atoms with Crippen LogP contribution in [0.1, 0.15) is 26.7 Å². The molecule has 0 aliphatic rings. The molecule has 3 N–H and O–H groups in total. The quantitative estimate of drug-likeness (QED) is 0.597. The third-order valence-corrected chi connectivity index (χ3v) is 1.03. The lowest BCUT2D eigenvalue weighted by molar-refractivity contribution is 0.845. The van der Waals surface area contributed by atoms with Gasteiger partial charge in [-0.2, -0.15) is 0 Å². The summed E-state index contributed by atoms with van der Waals surface area (Å²) in [6.45, 7) is 5.12. The molecule has 0 aliphatic heterocycles. The number of nitrogens with one attached hydrogen (secondary N) is 1. The summed E-state index contributed by atoms with van der Waals surface area (Å²) in [4.78, 5) is 0. The van der Waals surface area contributed by atoms with E-state index < -0.39 is 0 Å². The van der Waals surface area contributed by atoms with Crippen LogP contribution in [0.4, 0.5) is 0 Å². The van der Waals surface area contributed by atoms with Crippen LogP contribution in [0, 0.1) is 0 Å². The first-order valence-electron chi connectivity index (χ1n) is 3.49. The fourth-order valence-corrected chi connectivity index (χ4v) is 0.594. The molecule has 0 unspecified atom stereocenters. The summed E-state index contributed by atoms with van der Waals surface area (Å²) in [5.74, 6) is 0. The molecule has 0 aliphatic carbocycles. The monoisotopic (exact) mass is 128 g/mol. The Kier molecular flexibility index (Phi) is 5.07. The zero-order valence-electron chi connectivity index (χ0n) is 6.28. The van der Waals surface area contributed by atoms with Crippen molar-refractivity contribution in [3.8, 4) is 0 Å². The van der Waals surface area contributed by atoms with Crippen LogP contribution in [0.25, 0.3) is 0 Å². The normalized spacial score (nSPS) is 11.6. The number of hydrogen-bond acceptors (Lipinski definition) is 2. The van der Waals surface area contributed by atoms with Gasteiger partial charge in [0.05, 0.1) is 0 Å². The predicted molar refractivity (Wildman–Crippen MR) is 40.9 cm³/mol. The molecule has 0 amide bonds. The highest BCUT2D eigenvalue weighted by molar-refractivity contribution is 4.93. The first kappa shape index (κ1) is 8.34. The van der Waals surface area contributed by atoms with E-state index in [0.29, 0.717) is 0 Å². The number of rotatable bonds is 4. The van der Waals surface area contributed by atoms with Gasteiger partial charge >= 0.3 is 0 Å². The third-order valence-electron chi connectivity index (χ3n) is 1.03. The minimum atomic E-state index is 0.944. The SMILES string of the molecule is CCC/C(N)=C/NCC. The Balaban J connectivity index is 3.30. The van der Waals surface area contributed by atoms with Crippen molar-refractivity contribution >= 4 is 0 Å². The van der Waals surface area contributed by atoms with Gasteiger partial charge in [0.1, 0.15) is 0 Å². The van der Waals surface area contributed by atoms with Gasteiger partial charge in [0, 0.05) is 18.4 Å². The zero-order chi connectivity index (χ0) is 7.11. The maximum Gasteiger partial charge on any atom is 0.0240 e. The van der Waals surface area contributed by atoms with E-state index in [0.717, 1.165) is 25.1 Å². The first-order chi connectivity index (χ1) is 4.31. The van der Waals surface area contributed by atoms with E-state index in [1.807, 2.05) is 6.20 Å². The lowest BCUT2D eigenvalue weighted by Crippen LogP contribution is -2.08. The van der Waals surface area contributed by atoms with Crippen molar-refractivity contribution in [1.29, 1.82) is 0 Å². The van der Waals surface area contributed by atoms with Crippen molar-refractivity contribution < 1.29 is 0 Å². The first-order valence-corrected chi connectivity index (χ1v) is 3.49. The Morgan fingerprint density at radius 3 is 2.67 bits per heavy atom. The lowest BCUT2D eigenvalue weighted by atomic mass is 10.3. The van der Waals surface area contributed by atoms with E-state index in [9.17, 15) is 0 Å². The molecule has 0 saturated heterocycles. The van der Waals surface area contributed by atoms with Crippen LogP contribution < -0.4 is 11.1 Å². The molecule has 0 aromatic heterocycles. The van der Waals surface area contributed by atoms with Crippen molar-refractivity contribution in [3.63, 3.8) is 0 Å². The van der Waals surface area contributed by atoms with Crippen LogP contribution in [0.2, 0.25) is 0 Å². The summed E-state index contributed by atoms with van der Waals surface area (Å²) in [5.41, 5.74) is 6.51. The van der Waals surface area contributed by atoms with E-state index in [2.05, 4.69) is 19.2 Å². The summed E-state index contributed by atoms with van der Waals surface area (Å²) < 4.78 is 0. The standard InChI is InChI=1S/C7H16N2/c1-3-5-7(8)6-9-4-2/h6,9H,3-5,8H2,1-2H3/b7-6-. The van der Waals surface area contributed by atoms with Crippen LogP contribution >= 0.6 is 0 Å². The topological polar surface area (TPSA) is 38.0 Å². The van der Waals surface area contributed by atoms with Crippen molar-refractivity contribution in [2.45, 2.75) is 26.7 Å². The highest BCUT2D eigenvalue weighted by atomic mass is 14.8. The number of nitrogens with two attached hydrogens (primary N) is 1. The van der Waals surface area contributed by atoms with Gasteiger partial charge in [0.25, 0.3) is 0 Å². The maximum atomic E-state index is 5.57. The Labute approximate surface area is 57.1 Å². The molecular formula is C7H16N2. The predicted octanol–water partition coefficient (Wildman–Crippen LogP) is 1.20. The van der Waals surface area contributed by atoms with Gasteiger partial charge in [-0.25, -0.2) is 0 Å². The van der Waals surface area contributed by atoms with E-state index in [1.165, 1.54) is 0 Å². The van der Waals surface area contributed by atoms with Crippen LogP contribution in [-0.2, 0) is 0 Å². The van der Waals surface area contributed by atoms with Gasteiger partial charge in [0.2, 0.25) is 0 Å². The van der Waals surface area contributed by atoms with Gasteiger partial charge < -0.3 is 11.1 Å². The molecule has 0 rings (SSSR count). The molecule has 0 saturated carbocycles. The summed E-state index contributed by atoms with van der Waals surface area (Å²) in [6, 6.07) is 0. The fraction of sp³-hybridized carbons (Fsp3) is 0.714. The highest BCUT2D eigenvalue weighted by Crippen LogP contribution is 1.93. The molecule has 0 atom stereocenters. The molecular weight excluding hydrogens is 112 g/mol. The molecule has 0 fully saturated rings. The second-order valence-corrected chi connectivity index (χ2v) is 2.03. The smallest absolute Gasteiger partial charge is 0.0240 e.